The van der Waals surface area contributed by atoms with Crippen molar-refractivity contribution in [2.45, 2.75) is 44.9 Å². The van der Waals surface area contributed by atoms with Crippen LogP contribution in [0.4, 0.5) is 17.1 Å². The molecule has 0 N–H and O–H groups in total. The van der Waals surface area contributed by atoms with Crippen LogP contribution in [0, 0.1) is 30.6 Å². The number of anilines is 3. The molecule has 2 unspecified atom stereocenters. The van der Waals surface area contributed by atoms with Crippen molar-refractivity contribution in [3.05, 3.63) is 187 Å². The number of hydrogen-bond acceptors (Lipinski definition) is 3. The second kappa shape index (κ2) is 14.5. The summed E-state index contributed by atoms with van der Waals surface area (Å²) in [4.78, 5) is 2.49. The van der Waals surface area contributed by atoms with E-state index < -0.39 is 0 Å². The van der Waals surface area contributed by atoms with E-state index in [0.717, 1.165) is 40.5 Å². The van der Waals surface area contributed by atoms with E-state index in [1.807, 2.05) is 11.3 Å². The first kappa shape index (κ1) is 35.8. The minimum absolute atomic E-state index is 0.494. The number of hydrogen-bond donors (Lipinski definition) is 0. The molecule has 3 heteroatoms. The molecule has 0 radical (unpaired) electrons. The molecule has 292 valence electrons. The van der Waals surface area contributed by atoms with Crippen LogP contribution in [0.3, 0.4) is 0 Å². The van der Waals surface area contributed by atoms with Gasteiger partial charge < -0.3 is 9.64 Å². The van der Waals surface area contributed by atoms with Crippen LogP contribution in [0.1, 0.15) is 49.1 Å². The van der Waals surface area contributed by atoms with Crippen molar-refractivity contribution in [1.82, 2.24) is 0 Å². The quantitative estimate of drug-likeness (QED) is 0.152. The van der Waals surface area contributed by atoms with Gasteiger partial charge in [-0.2, -0.15) is 0 Å². The average Bonchev–Trinajstić information content (AvgIpc) is 3.77. The van der Waals surface area contributed by atoms with Crippen LogP contribution in [-0.2, 0) is 0 Å². The first-order valence-corrected chi connectivity index (χ1v) is 22.7. The minimum Gasteiger partial charge on any atom is -0.457 e. The number of rotatable bonds is 8. The highest BCUT2D eigenvalue weighted by Gasteiger charge is 2.49. The molecule has 3 saturated carbocycles. The fraction of sp³-hybridized carbons (Fsp3) is 0.193. The van der Waals surface area contributed by atoms with E-state index in [1.165, 1.54) is 102 Å². The van der Waals surface area contributed by atoms with E-state index in [2.05, 4.69) is 188 Å². The summed E-state index contributed by atoms with van der Waals surface area (Å²) < 4.78 is 9.59. The molecule has 1 aromatic heterocycles. The molecule has 60 heavy (non-hydrogen) atoms. The van der Waals surface area contributed by atoms with Crippen molar-refractivity contribution in [3.63, 3.8) is 0 Å². The zero-order valence-electron chi connectivity index (χ0n) is 33.9. The van der Waals surface area contributed by atoms with Crippen LogP contribution < -0.4 is 9.64 Å². The summed E-state index contributed by atoms with van der Waals surface area (Å²) in [5.74, 6) is 5.82. The van der Waals surface area contributed by atoms with Crippen LogP contribution in [0.2, 0.25) is 0 Å². The zero-order valence-corrected chi connectivity index (χ0v) is 34.7. The third kappa shape index (κ3) is 6.05. The van der Waals surface area contributed by atoms with Crippen LogP contribution in [0.25, 0.3) is 53.2 Å². The number of benzene rings is 8. The molecule has 1 heterocycles. The van der Waals surface area contributed by atoms with E-state index in [-0.39, 0.29) is 0 Å². The molecule has 3 bridgehead atoms. The van der Waals surface area contributed by atoms with Gasteiger partial charge in [0.1, 0.15) is 11.5 Å². The number of para-hydroxylation sites is 1. The largest absolute Gasteiger partial charge is 0.457 e. The molecule has 3 aliphatic rings. The number of ether oxygens (including phenoxy) is 1. The fourth-order valence-corrected chi connectivity index (χ4v) is 12.8. The Morgan fingerprint density at radius 3 is 2.05 bits per heavy atom. The van der Waals surface area contributed by atoms with Crippen molar-refractivity contribution in [2.75, 3.05) is 4.90 Å². The summed E-state index contributed by atoms with van der Waals surface area (Å²) in [6.45, 7) is 2.15. The maximum atomic E-state index is 6.94. The Morgan fingerprint density at radius 1 is 0.500 bits per heavy atom. The van der Waals surface area contributed by atoms with Gasteiger partial charge in [0, 0.05) is 42.5 Å². The van der Waals surface area contributed by atoms with Crippen LogP contribution in [0.15, 0.2) is 176 Å². The van der Waals surface area contributed by atoms with Gasteiger partial charge >= 0.3 is 0 Å². The predicted octanol–water partition coefficient (Wildman–Crippen LogP) is 16.7. The van der Waals surface area contributed by atoms with Gasteiger partial charge in [0.2, 0.25) is 0 Å². The monoisotopic (exact) mass is 793 g/mol. The second-order valence-corrected chi connectivity index (χ2v) is 18.8. The van der Waals surface area contributed by atoms with E-state index >= 15 is 0 Å². The lowest BCUT2D eigenvalue weighted by Crippen LogP contribution is -2.29. The molecule has 2 nitrogen and oxygen atoms in total. The highest BCUT2D eigenvalue weighted by molar-refractivity contribution is 7.25. The Bertz CT molecular complexity index is 3060. The van der Waals surface area contributed by atoms with Gasteiger partial charge in [0.25, 0.3) is 0 Å². The molecule has 3 fully saturated rings. The van der Waals surface area contributed by atoms with Gasteiger partial charge in [0.05, 0.1) is 5.69 Å². The predicted molar refractivity (Wildman–Crippen MR) is 253 cm³/mol. The van der Waals surface area contributed by atoms with Gasteiger partial charge in [-0.25, -0.2) is 0 Å². The Balaban J connectivity index is 0.995. The van der Waals surface area contributed by atoms with Crippen molar-refractivity contribution in [1.29, 1.82) is 0 Å². The second-order valence-electron chi connectivity index (χ2n) is 17.7. The molecule has 0 saturated heterocycles. The number of fused-ring (bicyclic) bond motifs is 6. The molecule has 5 atom stereocenters. The van der Waals surface area contributed by atoms with Crippen LogP contribution >= 0.6 is 11.3 Å². The number of thiophene rings is 1. The van der Waals surface area contributed by atoms with E-state index in [0.29, 0.717) is 11.8 Å². The standard InChI is InChI=1S/C57H47NOS/c1-36-12-2-8-21-53(36)59-54-29-28-44(35-51(54)50-34-41-31-37-30-40(41)33-42(50)32-37)58(52-20-10-14-38-13-3-4-16-46(38)52)43-26-24-39(25-27-43)45-15-5-6-17-47(45)48-19-11-23-56-57(48)49-18-7-9-22-55(49)60-56/h2-29,35,37,40-42,50H,30-34H2,1H3/t37-,40-,41?,42-,50?/m0/s1. The van der Waals surface area contributed by atoms with Gasteiger partial charge in [-0.3, -0.25) is 0 Å². The summed E-state index contributed by atoms with van der Waals surface area (Å²) in [6, 6.07) is 64.9. The Kier molecular flexibility index (Phi) is 8.66. The molecule has 9 aromatic rings. The van der Waals surface area contributed by atoms with Gasteiger partial charge in [-0.1, -0.05) is 121 Å². The smallest absolute Gasteiger partial charge is 0.131 e. The van der Waals surface area contributed by atoms with Crippen molar-refractivity contribution in [2.24, 2.45) is 23.7 Å². The normalized spacial score (nSPS) is 20.6. The van der Waals surface area contributed by atoms with E-state index in [9.17, 15) is 0 Å². The molecule has 0 amide bonds. The maximum Gasteiger partial charge on any atom is 0.131 e. The molecule has 0 spiro atoms. The summed E-state index contributed by atoms with van der Waals surface area (Å²) in [5.41, 5.74) is 11.0. The topological polar surface area (TPSA) is 12.5 Å². The SMILES string of the molecule is Cc1ccccc1Oc1ccc(N(c2ccc(-c3ccccc3-c3cccc4sc5ccccc5c34)cc2)c2cccc3ccccc23)cc1C1CC2C[C@@H]3C[C@H]2C[C@@H]1C3. The van der Waals surface area contributed by atoms with E-state index in [4.69, 9.17) is 4.74 Å². The summed E-state index contributed by atoms with van der Waals surface area (Å²) in [6.07, 6.45) is 6.88. The van der Waals surface area contributed by atoms with Gasteiger partial charge in [-0.15, -0.1) is 11.3 Å². The highest BCUT2D eigenvalue weighted by Crippen LogP contribution is 2.61. The first-order chi connectivity index (χ1) is 29.6. The molecule has 3 aliphatic carbocycles. The lowest BCUT2D eigenvalue weighted by molar-refractivity contribution is 0.149. The van der Waals surface area contributed by atoms with Crippen LogP contribution in [0.5, 0.6) is 11.5 Å². The third-order valence-electron chi connectivity index (χ3n) is 14.3. The lowest BCUT2D eigenvalue weighted by atomic mass is 9.64. The van der Waals surface area contributed by atoms with Gasteiger partial charge in [0.15, 0.2) is 0 Å². The van der Waals surface area contributed by atoms with Crippen molar-refractivity contribution >= 4 is 59.3 Å². The molecule has 0 aliphatic heterocycles. The van der Waals surface area contributed by atoms with Crippen molar-refractivity contribution in [3.8, 4) is 33.8 Å². The molecule has 8 aromatic carbocycles. The third-order valence-corrected chi connectivity index (χ3v) is 15.5. The lowest BCUT2D eigenvalue weighted by Gasteiger charge is -2.41. The highest BCUT2D eigenvalue weighted by atomic mass is 32.1. The zero-order chi connectivity index (χ0) is 39.7. The Hall–Kier alpha value is -6.16. The minimum atomic E-state index is 0.494. The summed E-state index contributed by atoms with van der Waals surface area (Å²) >= 11 is 1.88. The maximum absolute atomic E-state index is 6.94. The fourth-order valence-electron chi connectivity index (χ4n) is 11.7. The Morgan fingerprint density at radius 2 is 1.17 bits per heavy atom. The number of nitrogens with zero attached hydrogens (tertiary/aromatic N) is 1. The summed E-state index contributed by atoms with van der Waals surface area (Å²) in [7, 11) is 0. The van der Waals surface area contributed by atoms with Gasteiger partial charge in [-0.05, 0) is 156 Å². The molecular weight excluding hydrogens is 747 g/mol. The van der Waals surface area contributed by atoms with E-state index in [1.54, 1.807) is 0 Å². The average molecular weight is 794 g/mol. The summed E-state index contributed by atoms with van der Waals surface area (Å²) in [5, 5.41) is 5.14. The Labute approximate surface area is 356 Å². The first-order valence-electron chi connectivity index (χ1n) is 21.9. The molecular formula is C57H47NOS. The number of aryl methyl sites for hydroxylation is 1. The molecule has 12 rings (SSSR count). The van der Waals surface area contributed by atoms with Crippen molar-refractivity contribution < 1.29 is 4.74 Å². The van der Waals surface area contributed by atoms with Crippen LogP contribution in [-0.4, -0.2) is 0 Å².